The average Bonchev–Trinajstić information content (AvgIpc) is 2.66. The zero-order valence-corrected chi connectivity index (χ0v) is 15.3. The molecule has 0 aliphatic heterocycles. The highest BCUT2D eigenvalue weighted by atomic mass is 35.5. The van der Waals surface area contributed by atoms with Gasteiger partial charge in [-0.1, -0.05) is 11.6 Å². The lowest BCUT2D eigenvalue weighted by molar-refractivity contribution is -0.739. The van der Waals surface area contributed by atoms with Gasteiger partial charge in [-0.2, -0.15) is 39.5 Å². The Labute approximate surface area is 171 Å². The zero-order valence-electron chi connectivity index (χ0n) is 14.6. The van der Waals surface area contributed by atoms with Crippen LogP contribution in [-0.2, 0) is 0 Å². The summed E-state index contributed by atoms with van der Waals surface area (Å²) >= 11 is 5.62. The second-order valence-corrected chi connectivity index (χ2v) is 6.08. The summed E-state index contributed by atoms with van der Waals surface area (Å²) in [5, 5.41) is 18.4. The Hall–Kier alpha value is -2.84. The van der Waals surface area contributed by atoms with Gasteiger partial charge in [0.05, 0.1) is 16.9 Å². The second-order valence-electron chi connectivity index (χ2n) is 5.67. The Balaban J connectivity index is 2.20. The minimum Gasteiger partial charge on any atom is -0.854 e. The van der Waals surface area contributed by atoms with Gasteiger partial charge in [-0.05, 0) is 12.1 Å². The maximum Gasteiger partial charge on any atom is 0.460 e. The van der Waals surface area contributed by atoms with Crippen LogP contribution in [0.1, 0.15) is 5.56 Å². The Kier molecular flexibility index (Phi) is 6.59. The largest absolute Gasteiger partial charge is 0.854 e. The van der Waals surface area contributed by atoms with E-state index in [0.29, 0.717) is 6.20 Å². The fourth-order valence-electron chi connectivity index (χ4n) is 1.84. The van der Waals surface area contributed by atoms with Gasteiger partial charge in [0.15, 0.2) is 6.61 Å². The van der Waals surface area contributed by atoms with Gasteiger partial charge in [0.1, 0.15) is 5.02 Å². The van der Waals surface area contributed by atoms with Crippen LogP contribution in [0.4, 0.5) is 39.5 Å². The van der Waals surface area contributed by atoms with Gasteiger partial charge in [0, 0.05) is 28.0 Å². The molecule has 2 aromatic heterocycles. The van der Waals surface area contributed by atoms with Crippen LogP contribution in [0.15, 0.2) is 41.9 Å². The highest BCUT2D eigenvalue weighted by Gasteiger charge is 2.81. The van der Waals surface area contributed by atoms with Gasteiger partial charge in [-0.25, -0.2) is 4.98 Å². The Bertz CT molecular complexity index is 955. The van der Waals surface area contributed by atoms with E-state index in [2.05, 4.69) is 19.9 Å². The third kappa shape index (κ3) is 4.91. The highest BCUT2D eigenvalue weighted by Crippen LogP contribution is 2.53. The number of hydrogen-bond acceptors (Lipinski definition) is 5. The Morgan fingerprint density at radius 1 is 1.06 bits per heavy atom. The van der Waals surface area contributed by atoms with Crippen LogP contribution in [0.3, 0.4) is 0 Å². The van der Waals surface area contributed by atoms with Crippen LogP contribution >= 0.6 is 11.6 Å². The molecule has 31 heavy (non-hydrogen) atoms. The van der Waals surface area contributed by atoms with Crippen molar-refractivity contribution in [3.05, 3.63) is 47.4 Å². The number of nitrogens with zero attached hydrogens (tertiary/aromatic N) is 4. The predicted octanol–water partition coefficient (Wildman–Crippen LogP) is 2.83. The highest BCUT2D eigenvalue weighted by molar-refractivity contribution is 6.32. The molecular formula is C15H8ClF9N4O2. The summed E-state index contributed by atoms with van der Waals surface area (Å²) in [5.74, 6) is -21.9. The minimum absolute atomic E-state index is 0.337. The maximum atomic E-state index is 13.5. The van der Waals surface area contributed by atoms with Crippen LogP contribution in [-0.4, -0.2) is 46.5 Å². The molecule has 0 radical (unpaired) electrons. The van der Waals surface area contributed by atoms with Crippen LogP contribution in [0.2, 0.25) is 5.02 Å². The molecule has 0 atom stereocenters. The number of aromatic nitrogens is 3. The van der Waals surface area contributed by atoms with E-state index < -0.39 is 47.4 Å². The molecule has 0 saturated heterocycles. The normalized spacial score (nSPS) is 13.9. The number of rotatable bonds is 7. The Morgan fingerprint density at radius 2 is 1.71 bits per heavy atom. The molecular weight excluding hydrogens is 475 g/mol. The molecule has 0 amide bonds. The first-order chi connectivity index (χ1) is 14.1. The van der Waals surface area contributed by atoms with Gasteiger partial charge in [0.2, 0.25) is 12.1 Å². The lowest BCUT2D eigenvalue weighted by Gasteiger charge is -2.33. The SMILES string of the molecule is [O-]C(=N[n+]1ccccn1)c1cnc(OCC(F)(F)C(F)(F)C(F)(F)C(F)(F)F)c(Cl)c1. The molecule has 0 unspecified atom stereocenters. The summed E-state index contributed by atoms with van der Waals surface area (Å²) in [7, 11) is 0. The summed E-state index contributed by atoms with van der Waals surface area (Å²) < 4.78 is 119. The van der Waals surface area contributed by atoms with Crippen molar-refractivity contribution in [3.63, 3.8) is 0 Å². The standard InChI is InChI=1S/C15H8ClF9N4O2/c16-9-5-8(10(30)28-29-4-2-1-3-27-29)6-26-11(9)31-7-12(17,18)13(19,20)14(21,22)15(23,24)25/h1-6H,7H2. The van der Waals surface area contributed by atoms with Gasteiger partial charge in [-0.15, -0.1) is 0 Å². The smallest absolute Gasteiger partial charge is 0.460 e. The Morgan fingerprint density at radius 3 is 2.23 bits per heavy atom. The molecule has 170 valence electrons. The van der Waals surface area contributed by atoms with Crippen molar-refractivity contribution in [2.45, 2.75) is 23.9 Å². The molecule has 2 aromatic rings. The fraction of sp³-hybridized carbons (Fsp3) is 0.333. The van der Waals surface area contributed by atoms with Crippen LogP contribution in [0, 0.1) is 0 Å². The fourth-order valence-corrected chi connectivity index (χ4v) is 2.06. The lowest BCUT2D eigenvalue weighted by atomic mass is 10.0. The summed E-state index contributed by atoms with van der Waals surface area (Å²) in [6, 6.07) is 3.76. The van der Waals surface area contributed by atoms with E-state index in [-0.39, 0.29) is 5.56 Å². The first-order valence-electron chi connectivity index (χ1n) is 7.68. The van der Waals surface area contributed by atoms with Gasteiger partial charge in [0.25, 0.3) is 0 Å². The molecule has 0 fully saturated rings. The third-order valence-corrected chi connectivity index (χ3v) is 3.72. The number of pyridine rings is 1. The summed E-state index contributed by atoms with van der Waals surface area (Å²) in [6.07, 6.45) is -3.72. The van der Waals surface area contributed by atoms with Crippen molar-refractivity contribution < 1.29 is 54.1 Å². The first-order valence-corrected chi connectivity index (χ1v) is 8.06. The molecule has 0 aliphatic rings. The van der Waals surface area contributed by atoms with Gasteiger partial charge in [-0.3, -0.25) is 0 Å². The van der Waals surface area contributed by atoms with Crippen molar-refractivity contribution in [2.24, 2.45) is 5.10 Å². The molecule has 0 N–H and O–H groups in total. The van der Waals surface area contributed by atoms with E-state index in [9.17, 15) is 44.6 Å². The molecule has 0 saturated carbocycles. The monoisotopic (exact) mass is 482 g/mol. The van der Waals surface area contributed by atoms with Gasteiger partial charge < -0.3 is 9.84 Å². The minimum atomic E-state index is -7.05. The van der Waals surface area contributed by atoms with Crippen molar-refractivity contribution in [2.75, 3.05) is 6.61 Å². The zero-order chi connectivity index (χ0) is 23.7. The maximum absolute atomic E-state index is 13.5. The second kappa shape index (κ2) is 8.36. The topological polar surface area (TPSA) is 74.3 Å². The van der Waals surface area contributed by atoms with Crippen LogP contribution in [0.25, 0.3) is 0 Å². The van der Waals surface area contributed by atoms with E-state index in [1.165, 1.54) is 24.5 Å². The van der Waals surface area contributed by atoms with Crippen molar-refractivity contribution in [1.82, 2.24) is 10.1 Å². The van der Waals surface area contributed by atoms with E-state index >= 15 is 0 Å². The first kappa shape index (κ1) is 24.4. The van der Waals surface area contributed by atoms with Gasteiger partial charge >= 0.3 is 23.9 Å². The van der Waals surface area contributed by atoms with Crippen molar-refractivity contribution in [1.29, 1.82) is 0 Å². The molecule has 0 aliphatic carbocycles. The number of hydrogen-bond donors (Lipinski definition) is 0. The van der Waals surface area contributed by atoms with E-state index in [0.717, 1.165) is 10.9 Å². The van der Waals surface area contributed by atoms with E-state index in [4.69, 9.17) is 11.6 Å². The number of ether oxygens (including phenoxy) is 1. The van der Waals surface area contributed by atoms with Crippen LogP contribution < -0.4 is 14.6 Å². The summed E-state index contributed by atoms with van der Waals surface area (Å²) in [4.78, 5) is 4.14. The van der Waals surface area contributed by atoms with E-state index in [1.54, 1.807) is 0 Å². The third-order valence-electron chi connectivity index (χ3n) is 3.45. The molecule has 0 bridgehead atoms. The average molecular weight is 483 g/mol. The quantitative estimate of drug-likeness (QED) is 0.263. The molecule has 16 heteroatoms. The molecule has 2 rings (SSSR count). The molecule has 6 nitrogen and oxygen atoms in total. The number of halogens is 10. The summed E-state index contributed by atoms with van der Waals surface area (Å²) in [5.41, 5.74) is -0.337. The molecule has 0 spiro atoms. The van der Waals surface area contributed by atoms with Crippen molar-refractivity contribution >= 4 is 17.5 Å². The molecule has 0 aromatic carbocycles. The predicted molar refractivity (Wildman–Crippen MR) is 82.0 cm³/mol. The number of alkyl halides is 9. The lowest BCUT2D eigenvalue weighted by Crippen LogP contribution is -2.62. The summed E-state index contributed by atoms with van der Waals surface area (Å²) in [6.45, 7) is -2.63. The van der Waals surface area contributed by atoms with Crippen molar-refractivity contribution in [3.8, 4) is 5.88 Å². The molecule has 2 heterocycles. The van der Waals surface area contributed by atoms with E-state index in [1.807, 2.05) is 0 Å². The van der Waals surface area contributed by atoms with Crippen LogP contribution in [0.5, 0.6) is 5.88 Å².